The third-order valence-electron chi connectivity index (χ3n) is 2.73. The van der Waals surface area contributed by atoms with E-state index >= 15 is 0 Å². The summed E-state index contributed by atoms with van der Waals surface area (Å²) in [6.07, 6.45) is 0. The molecule has 1 aliphatic heterocycles. The third kappa shape index (κ3) is 2.96. The largest absolute Gasteiger partial charge is 0.554 e. The van der Waals surface area contributed by atoms with Crippen molar-refractivity contribution in [2.45, 2.75) is 0 Å². The maximum atomic E-state index is 8.49. The van der Waals surface area contributed by atoms with E-state index in [4.69, 9.17) is 15.3 Å². The van der Waals surface area contributed by atoms with E-state index < -0.39 is 7.12 Å². The van der Waals surface area contributed by atoms with E-state index in [1.807, 2.05) is 12.1 Å². The van der Waals surface area contributed by atoms with Crippen molar-refractivity contribution in [3.05, 3.63) is 24.3 Å². The van der Waals surface area contributed by atoms with Gasteiger partial charge in [0.15, 0.2) is 0 Å². The molecule has 2 N–H and O–H groups in total. The van der Waals surface area contributed by atoms with Crippen molar-refractivity contribution < 1.29 is 24.9 Å². The van der Waals surface area contributed by atoms with Crippen LogP contribution >= 0.6 is 0 Å². The number of hydrogen-bond donors (Lipinski definition) is 2. The van der Waals surface area contributed by atoms with E-state index in [2.05, 4.69) is 14.5 Å². The lowest BCUT2D eigenvalue weighted by molar-refractivity contribution is -0.221. The number of benzene rings is 1. The van der Waals surface area contributed by atoms with Crippen LogP contribution < -0.4 is 10.4 Å². The zero-order valence-electron chi connectivity index (χ0n) is 9.28. The Labute approximate surface area is 99.3 Å². The Bertz CT molecular complexity index is 337. The highest BCUT2D eigenvalue weighted by Crippen LogP contribution is 2.14. The highest BCUT2D eigenvalue weighted by Gasteiger charge is 2.22. The minimum atomic E-state index is -1.17. The van der Waals surface area contributed by atoms with Gasteiger partial charge in [-0.1, -0.05) is 12.1 Å². The Kier molecular flexibility index (Phi) is 4.35. The molecule has 0 amide bonds. The first-order valence-electron chi connectivity index (χ1n) is 5.38. The quantitative estimate of drug-likeness (QED) is 0.444. The molecule has 2 rings (SSSR count). The lowest BCUT2D eigenvalue weighted by Crippen LogP contribution is -2.37. The average Bonchev–Trinajstić information content (AvgIpc) is 2.42. The van der Waals surface area contributed by atoms with Gasteiger partial charge in [-0.15, -0.1) is 0 Å². The summed E-state index contributed by atoms with van der Waals surface area (Å²) >= 11 is 0. The number of nitrogens with zero attached hydrogens (tertiary/aromatic N) is 1. The molecule has 1 aromatic carbocycles. The van der Waals surface area contributed by atoms with Gasteiger partial charge in [-0.25, -0.2) is 0 Å². The van der Waals surface area contributed by atoms with Crippen LogP contribution in [0.2, 0.25) is 0 Å². The normalized spacial score (nSPS) is 16.0. The van der Waals surface area contributed by atoms with Gasteiger partial charge in [-0.2, -0.15) is 0 Å². The highest BCUT2D eigenvalue weighted by molar-refractivity contribution is 6.60. The fourth-order valence-electron chi connectivity index (χ4n) is 1.80. The summed E-state index contributed by atoms with van der Waals surface area (Å²) in [4.78, 5) is 10.1. The second-order valence-corrected chi connectivity index (χ2v) is 3.73. The number of ether oxygens (including phenoxy) is 1. The second-order valence-electron chi connectivity index (χ2n) is 3.73. The van der Waals surface area contributed by atoms with E-state index in [1.165, 1.54) is 0 Å². The summed E-state index contributed by atoms with van der Waals surface area (Å²) in [5.74, 6) is 0. The molecule has 0 unspecified atom stereocenters. The summed E-state index contributed by atoms with van der Waals surface area (Å²) in [6, 6.07) is 7.21. The molecule has 0 aromatic heterocycles. The summed E-state index contributed by atoms with van der Waals surface area (Å²) in [5.41, 5.74) is 1.60. The fraction of sp³-hybridized carbons (Fsp3) is 0.400. The van der Waals surface area contributed by atoms with Crippen molar-refractivity contribution in [2.75, 3.05) is 31.2 Å². The van der Waals surface area contributed by atoms with Crippen LogP contribution in [0.25, 0.3) is 0 Å². The molecule has 1 fully saturated rings. The monoisotopic (exact) mass is 239 g/mol. The minimum absolute atomic E-state index is 0.534. The standard InChI is InChI=1S/C10H14BNO5/c13-16-11(17-14)9-1-3-10(4-2-9)12-5-7-15-8-6-12/h1-4,13-14H,5-8H2. The molecule has 7 heteroatoms. The van der Waals surface area contributed by atoms with Crippen LogP contribution in [-0.4, -0.2) is 43.9 Å². The molecule has 6 nitrogen and oxygen atoms in total. The van der Waals surface area contributed by atoms with E-state index in [-0.39, 0.29) is 0 Å². The number of hydrogen-bond acceptors (Lipinski definition) is 6. The van der Waals surface area contributed by atoms with Crippen LogP contribution in [0.3, 0.4) is 0 Å². The van der Waals surface area contributed by atoms with Crippen molar-refractivity contribution in [1.82, 2.24) is 0 Å². The second kappa shape index (κ2) is 5.99. The van der Waals surface area contributed by atoms with Gasteiger partial charge < -0.3 is 9.64 Å². The molecule has 0 saturated carbocycles. The van der Waals surface area contributed by atoms with Gasteiger partial charge in [-0.05, 0) is 17.6 Å². The molecule has 0 atom stereocenters. The number of anilines is 1. The maximum absolute atomic E-state index is 8.49. The van der Waals surface area contributed by atoms with E-state index in [0.29, 0.717) is 5.46 Å². The van der Waals surface area contributed by atoms with Crippen molar-refractivity contribution in [1.29, 1.82) is 0 Å². The topological polar surface area (TPSA) is 71.4 Å². The van der Waals surface area contributed by atoms with Crippen LogP contribution in [0.5, 0.6) is 0 Å². The van der Waals surface area contributed by atoms with Crippen LogP contribution in [0.4, 0.5) is 5.69 Å². The zero-order valence-corrected chi connectivity index (χ0v) is 9.28. The lowest BCUT2D eigenvalue weighted by atomic mass is 9.80. The first kappa shape index (κ1) is 12.3. The van der Waals surface area contributed by atoms with Gasteiger partial charge in [0.2, 0.25) is 0 Å². The molecule has 0 aliphatic carbocycles. The average molecular weight is 239 g/mol. The Balaban J connectivity index is 2.06. The van der Waals surface area contributed by atoms with Crippen molar-refractivity contribution in [3.63, 3.8) is 0 Å². The van der Waals surface area contributed by atoms with Gasteiger partial charge in [0.1, 0.15) is 0 Å². The molecule has 1 saturated heterocycles. The van der Waals surface area contributed by atoms with Crippen LogP contribution in [-0.2, 0) is 14.3 Å². The summed E-state index contributed by atoms with van der Waals surface area (Å²) in [7, 11) is -1.17. The van der Waals surface area contributed by atoms with Gasteiger partial charge in [0, 0.05) is 18.8 Å². The summed E-state index contributed by atoms with van der Waals surface area (Å²) in [6.45, 7) is 3.17. The SMILES string of the molecule is OOB(OO)c1ccc(N2CCOCC2)cc1. The van der Waals surface area contributed by atoms with E-state index in [0.717, 1.165) is 32.0 Å². The van der Waals surface area contributed by atoms with Gasteiger partial charge >= 0.3 is 7.12 Å². The number of rotatable bonds is 4. The smallest absolute Gasteiger partial charge is 0.378 e. The lowest BCUT2D eigenvalue weighted by Gasteiger charge is -2.28. The first-order chi connectivity index (χ1) is 8.35. The Morgan fingerprint density at radius 1 is 1.06 bits per heavy atom. The first-order valence-corrected chi connectivity index (χ1v) is 5.38. The molecule has 1 aromatic rings. The van der Waals surface area contributed by atoms with Crippen LogP contribution in [0.1, 0.15) is 0 Å². The Morgan fingerprint density at radius 2 is 1.65 bits per heavy atom. The summed E-state index contributed by atoms with van der Waals surface area (Å²) in [5, 5.41) is 17.0. The van der Waals surface area contributed by atoms with Crippen LogP contribution in [0.15, 0.2) is 24.3 Å². The van der Waals surface area contributed by atoms with Crippen molar-refractivity contribution in [3.8, 4) is 0 Å². The van der Waals surface area contributed by atoms with E-state index in [1.54, 1.807) is 12.1 Å². The molecule has 0 radical (unpaired) electrons. The molecule has 0 bridgehead atoms. The maximum Gasteiger partial charge on any atom is 0.554 e. The van der Waals surface area contributed by atoms with Crippen molar-refractivity contribution >= 4 is 18.3 Å². The van der Waals surface area contributed by atoms with Crippen LogP contribution in [0, 0.1) is 0 Å². The molecule has 17 heavy (non-hydrogen) atoms. The molecular weight excluding hydrogens is 225 g/mol. The van der Waals surface area contributed by atoms with E-state index in [9.17, 15) is 0 Å². The van der Waals surface area contributed by atoms with Crippen molar-refractivity contribution in [2.24, 2.45) is 0 Å². The zero-order chi connectivity index (χ0) is 12.1. The predicted octanol–water partition coefficient (Wildman–Crippen LogP) is 0.198. The summed E-state index contributed by atoms with van der Waals surface area (Å²) < 4.78 is 5.27. The predicted molar refractivity (Wildman–Crippen MR) is 62.3 cm³/mol. The van der Waals surface area contributed by atoms with Gasteiger partial charge in [0.25, 0.3) is 0 Å². The minimum Gasteiger partial charge on any atom is -0.378 e. The van der Waals surface area contributed by atoms with Gasteiger partial charge in [0.05, 0.1) is 13.2 Å². The Hall–Kier alpha value is -1.12. The molecule has 1 heterocycles. The molecule has 0 spiro atoms. The molecule has 1 aliphatic rings. The fourth-order valence-corrected chi connectivity index (χ4v) is 1.80. The highest BCUT2D eigenvalue weighted by atomic mass is 17.2. The molecule has 92 valence electrons. The molecular formula is C10H14BNO5. The Morgan fingerprint density at radius 3 is 2.18 bits per heavy atom. The number of morpholine rings is 1. The third-order valence-corrected chi connectivity index (χ3v) is 2.73. The van der Waals surface area contributed by atoms with Gasteiger partial charge in [-0.3, -0.25) is 20.1 Å².